The van der Waals surface area contributed by atoms with Gasteiger partial charge in [-0.15, -0.1) is 0 Å². The Morgan fingerprint density at radius 3 is 2.71 bits per heavy atom. The highest BCUT2D eigenvalue weighted by Gasteiger charge is 2.26. The standard InChI is InChI=1S/C28H25NO2/c1-16-13-27-26(29-28(30)17(2)31-27)15-23(16)25-14-24-19-8-4-3-7-18(19)11-12-22(24)20-9-5-6-10-21(20)25/h5-7,9-13,15,17H,3-4,8,14H2,1-2H3,(H,29,30). The lowest BCUT2D eigenvalue weighted by Crippen LogP contribution is -2.34. The molecule has 0 fully saturated rings. The van der Waals surface area contributed by atoms with Gasteiger partial charge in [0, 0.05) is 0 Å². The topological polar surface area (TPSA) is 38.3 Å². The Morgan fingerprint density at radius 1 is 1.00 bits per heavy atom. The first-order valence-corrected chi connectivity index (χ1v) is 11.2. The van der Waals surface area contributed by atoms with Crippen LogP contribution >= 0.6 is 0 Å². The quantitative estimate of drug-likeness (QED) is 0.665. The molecule has 0 saturated carbocycles. The predicted molar refractivity (Wildman–Crippen MR) is 123 cm³/mol. The smallest absolute Gasteiger partial charge is 0.265 e. The van der Waals surface area contributed by atoms with Crippen molar-refractivity contribution in [1.82, 2.24) is 0 Å². The Balaban J connectivity index is 1.65. The van der Waals surface area contributed by atoms with Crippen LogP contribution in [0, 0.1) is 17.4 Å². The largest absolute Gasteiger partial charge is 0.479 e. The summed E-state index contributed by atoms with van der Waals surface area (Å²) in [6.45, 7) is 3.92. The molecule has 1 aliphatic heterocycles. The maximum atomic E-state index is 12.2. The number of hydrogen-bond acceptors (Lipinski definition) is 2. The number of hydrogen-bond donors (Lipinski definition) is 1. The molecular formula is C28H25NO2. The third-order valence-corrected chi connectivity index (χ3v) is 6.94. The Hall–Kier alpha value is -3.33. The van der Waals surface area contributed by atoms with Crippen LogP contribution in [0.3, 0.4) is 0 Å². The van der Waals surface area contributed by atoms with Crippen LogP contribution in [0.15, 0.2) is 48.5 Å². The second kappa shape index (κ2) is 6.84. The van der Waals surface area contributed by atoms with Gasteiger partial charge in [0.25, 0.3) is 5.91 Å². The highest BCUT2D eigenvalue weighted by Crippen LogP contribution is 2.36. The zero-order valence-corrected chi connectivity index (χ0v) is 17.9. The van der Waals surface area contributed by atoms with Crippen LogP contribution in [0.1, 0.15) is 42.0 Å². The van der Waals surface area contributed by atoms with Crippen molar-refractivity contribution in [3.8, 4) is 5.75 Å². The highest BCUT2D eigenvalue weighted by atomic mass is 16.5. The molecule has 0 spiro atoms. The van der Waals surface area contributed by atoms with Crippen molar-refractivity contribution in [3.63, 3.8) is 0 Å². The van der Waals surface area contributed by atoms with Crippen LogP contribution in [0.5, 0.6) is 5.75 Å². The second-order valence-corrected chi connectivity index (χ2v) is 8.87. The number of fused-ring (bicyclic) bond motifs is 5. The van der Waals surface area contributed by atoms with Crippen molar-refractivity contribution in [2.24, 2.45) is 0 Å². The Kier molecular flexibility index (Phi) is 4.07. The lowest BCUT2D eigenvalue weighted by atomic mass is 9.83. The van der Waals surface area contributed by atoms with Gasteiger partial charge < -0.3 is 10.1 Å². The normalized spacial score (nSPS) is 18.6. The summed E-state index contributed by atoms with van der Waals surface area (Å²) in [5, 5.41) is 8.39. The molecule has 1 unspecified atom stereocenters. The van der Waals surface area contributed by atoms with E-state index >= 15 is 0 Å². The van der Waals surface area contributed by atoms with Gasteiger partial charge in [-0.25, -0.2) is 0 Å². The summed E-state index contributed by atoms with van der Waals surface area (Å²) in [5.41, 5.74) is 7.43. The summed E-state index contributed by atoms with van der Waals surface area (Å²) < 4.78 is 5.84. The van der Waals surface area contributed by atoms with E-state index in [4.69, 9.17) is 4.74 Å². The van der Waals surface area contributed by atoms with Gasteiger partial charge >= 0.3 is 0 Å². The van der Waals surface area contributed by atoms with Gasteiger partial charge in [-0.05, 0) is 100 Å². The summed E-state index contributed by atoms with van der Waals surface area (Å²) in [5.74, 6) is 0.664. The second-order valence-electron chi connectivity index (χ2n) is 8.87. The van der Waals surface area contributed by atoms with Gasteiger partial charge in [-0.1, -0.05) is 42.5 Å². The highest BCUT2D eigenvalue weighted by molar-refractivity contribution is 5.98. The van der Waals surface area contributed by atoms with Crippen LogP contribution in [0.2, 0.25) is 0 Å². The first-order valence-electron chi connectivity index (χ1n) is 11.2. The molecule has 1 atom stereocenters. The molecule has 154 valence electrons. The Morgan fingerprint density at radius 2 is 1.84 bits per heavy atom. The summed E-state index contributed by atoms with van der Waals surface area (Å²) in [7, 11) is 0. The van der Waals surface area contributed by atoms with Crippen LogP contribution in [0.4, 0.5) is 5.69 Å². The molecular weight excluding hydrogens is 382 g/mol. The van der Waals surface area contributed by atoms with Gasteiger partial charge in [0.15, 0.2) is 6.10 Å². The van der Waals surface area contributed by atoms with Crippen molar-refractivity contribution in [2.45, 2.75) is 45.6 Å². The van der Waals surface area contributed by atoms with Crippen LogP contribution in [-0.4, -0.2) is 12.0 Å². The van der Waals surface area contributed by atoms with Crippen LogP contribution < -0.4 is 20.5 Å². The third-order valence-electron chi connectivity index (χ3n) is 6.94. The number of anilines is 1. The molecule has 0 saturated heterocycles. The summed E-state index contributed by atoms with van der Waals surface area (Å²) >= 11 is 0. The summed E-state index contributed by atoms with van der Waals surface area (Å²) in [6, 6.07) is 17.5. The van der Waals surface area contributed by atoms with Crippen molar-refractivity contribution in [3.05, 3.63) is 91.7 Å². The number of amides is 1. The third kappa shape index (κ3) is 2.83. The number of ether oxygens (including phenoxy) is 1. The Labute approximate surface area is 181 Å². The first kappa shape index (κ1) is 18.4. The lowest BCUT2D eigenvalue weighted by Gasteiger charge is -2.26. The van der Waals surface area contributed by atoms with Gasteiger partial charge in [0.2, 0.25) is 0 Å². The number of benzene rings is 3. The first-order chi connectivity index (χ1) is 15.1. The summed E-state index contributed by atoms with van der Waals surface area (Å²) in [6.07, 6.45) is 6.37. The van der Waals surface area contributed by atoms with E-state index in [1.807, 2.05) is 0 Å². The van der Waals surface area contributed by atoms with Crippen molar-refractivity contribution in [1.29, 1.82) is 0 Å². The van der Waals surface area contributed by atoms with Gasteiger partial charge in [0.05, 0.1) is 5.69 Å². The molecule has 0 aromatic heterocycles. The minimum absolute atomic E-state index is 0.0914. The lowest BCUT2D eigenvalue weighted by molar-refractivity contribution is -0.122. The van der Waals surface area contributed by atoms with E-state index in [0.717, 1.165) is 24.3 Å². The predicted octanol–water partition coefficient (Wildman–Crippen LogP) is 3.87. The van der Waals surface area contributed by atoms with Crippen LogP contribution in [0.25, 0.3) is 11.6 Å². The van der Waals surface area contributed by atoms with Crippen molar-refractivity contribution >= 4 is 23.2 Å². The van der Waals surface area contributed by atoms with E-state index in [-0.39, 0.29) is 5.91 Å². The fraction of sp³-hybridized carbons (Fsp3) is 0.250. The molecule has 1 N–H and O–H groups in total. The van der Waals surface area contributed by atoms with E-state index in [0.29, 0.717) is 0 Å². The fourth-order valence-corrected chi connectivity index (χ4v) is 5.36. The maximum absolute atomic E-state index is 12.2. The minimum Gasteiger partial charge on any atom is -0.479 e. The average molecular weight is 408 g/mol. The molecule has 2 aliphatic carbocycles. The van der Waals surface area contributed by atoms with E-state index in [1.165, 1.54) is 61.5 Å². The molecule has 3 aliphatic rings. The molecule has 1 amide bonds. The van der Waals surface area contributed by atoms with E-state index in [9.17, 15) is 4.79 Å². The number of nitrogens with one attached hydrogen (secondary N) is 1. The van der Waals surface area contributed by atoms with Gasteiger partial charge in [-0.3, -0.25) is 4.79 Å². The number of aryl methyl sites for hydroxylation is 1. The number of carbonyl (C=O) groups is 1. The summed E-state index contributed by atoms with van der Waals surface area (Å²) in [4.78, 5) is 12.2. The van der Waals surface area contributed by atoms with Crippen molar-refractivity contribution in [2.75, 3.05) is 5.32 Å². The minimum atomic E-state index is -0.463. The fourth-order valence-electron chi connectivity index (χ4n) is 5.36. The maximum Gasteiger partial charge on any atom is 0.265 e. The van der Waals surface area contributed by atoms with Crippen molar-refractivity contribution < 1.29 is 9.53 Å². The molecule has 3 aromatic rings. The number of carbonyl (C=O) groups excluding carboxylic acids is 1. The molecule has 0 radical (unpaired) electrons. The molecule has 6 rings (SSSR count). The van der Waals surface area contributed by atoms with Gasteiger partial charge in [-0.2, -0.15) is 0 Å². The molecule has 3 heteroatoms. The molecule has 1 heterocycles. The molecule has 3 aromatic carbocycles. The molecule has 31 heavy (non-hydrogen) atoms. The Bertz CT molecular complexity index is 1480. The average Bonchev–Trinajstić information content (AvgIpc) is 2.79. The van der Waals surface area contributed by atoms with E-state index in [2.05, 4.69) is 66.8 Å². The van der Waals surface area contributed by atoms with E-state index < -0.39 is 6.10 Å². The molecule has 3 nitrogen and oxygen atoms in total. The number of rotatable bonds is 1. The zero-order chi connectivity index (χ0) is 21.1. The van der Waals surface area contributed by atoms with Crippen LogP contribution in [-0.2, 0) is 17.6 Å². The monoisotopic (exact) mass is 407 g/mol. The zero-order valence-electron chi connectivity index (χ0n) is 17.9. The van der Waals surface area contributed by atoms with E-state index in [1.54, 1.807) is 6.92 Å². The van der Waals surface area contributed by atoms with Gasteiger partial charge in [0.1, 0.15) is 5.75 Å². The SMILES string of the molecule is Cc1cc2c(cc1C1=c3ccccc3=c3ccc4c(c3C1)CCCC=4)NC(=O)C(C)O2. The molecule has 0 bridgehead atoms.